The first-order chi connectivity index (χ1) is 8.10. The van der Waals surface area contributed by atoms with Gasteiger partial charge in [0.15, 0.2) is 0 Å². The lowest BCUT2D eigenvalue weighted by Gasteiger charge is -2.34. The van der Waals surface area contributed by atoms with E-state index in [0.29, 0.717) is 25.0 Å². The molecular weight excluding hydrogens is 248 g/mol. The molecule has 0 bridgehead atoms. The van der Waals surface area contributed by atoms with Gasteiger partial charge in [-0.1, -0.05) is 20.8 Å². The van der Waals surface area contributed by atoms with Gasteiger partial charge in [0, 0.05) is 19.1 Å². The van der Waals surface area contributed by atoms with Crippen molar-refractivity contribution < 1.29 is 8.42 Å². The molecule has 2 atom stereocenters. The van der Waals surface area contributed by atoms with E-state index >= 15 is 0 Å². The minimum Gasteiger partial charge on any atom is -0.313 e. The first-order valence-corrected chi connectivity index (χ1v) is 8.64. The molecule has 2 unspecified atom stereocenters. The molecular formula is C13H28N2O2S. The summed E-state index contributed by atoms with van der Waals surface area (Å²) < 4.78 is 24.7. The number of nitrogens with zero attached hydrogens (tertiary/aromatic N) is 1. The maximum absolute atomic E-state index is 11.5. The van der Waals surface area contributed by atoms with Crippen molar-refractivity contribution in [2.45, 2.75) is 46.6 Å². The predicted molar refractivity (Wildman–Crippen MR) is 76.1 cm³/mol. The highest BCUT2D eigenvalue weighted by atomic mass is 32.2. The van der Waals surface area contributed by atoms with E-state index in [1.807, 2.05) is 0 Å². The van der Waals surface area contributed by atoms with Gasteiger partial charge >= 0.3 is 0 Å². The minimum absolute atomic E-state index is 0.241. The fourth-order valence-electron chi connectivity index (χ4n) is 2.14. The summed E-state index contributed by atoms with van der Waals surface area (Å²) in [5.41, 5.74) is 0.241. The minimum atomic E-state index is -3.02. The average molecular weight is 276 g/mol. The Hall–Kier alpha value is -0.130. The Morgan fingerprint density at radius 2 is 2.00 bits per heavy atom. The van der Waals surface area contributed by atoms with Gasteiger partial charge in [0.25, 0.3) is 0 Å². The van der Waals surface area contributed by atoms with Crippen molar-refractivity contribution in [1.29, 1.82) is 0 Å². The van der Waals surface area contributed by atoms with E-state index in [-0.39, 0.29) is 5.41 Å². The summed E-state index contributed by atoms with van der Waals surface area (Å²) in [6.07, 6.45) is 3.40. The second kappa shape index (κ2) is 5.88. The number of piperidine rings is 1. The van der Waals surface area contributed by atoms with Gasteiger partial charge in [0.1, 0.15) is 0 Å². The molecule has 18 heavy (non-hydrogen) atoms. The lowest BCUT2D eigenvalue weighted by Crippen LogP contribution is -2.45. The normalized spacial score (nSPS) is 25.1. The first kappa shape index (κ1) is 15.9. The lowest BCUT2D eigenvalue weighted by atomic mass is 9.87. The zero-order valence-corrected chi connectivity index (χ0v) is 13.2. The molecule has 0 aromatic heterocycles. The maximum Gasteiger partial charge on any atom is 0.211 e. The van der Waals surface area contributed by atoms with E-state index in [4.69, 9.17) is 0 Å². The third kappa shape index (κ3) is 4.86. The van der Waals surface area contributed by atoms with Crippen molar-refractivity contribution in [3.8, 4) is 0 Å². The van der Waals surface area contributed by atoms with Crippen LogP contribution in [-0.4, -0.2) is 44.7 Å². The molecule has 1 aliphatic rings. The van der Waals surface area contributed by atoms with Crippen molar-refractivity contribution >= 4 is 10.0 Å². The number of nitrogens with one attached hydrogen (secondary N) is 1. The Bertz CT molecular complexity index is 360. The fraction of sp³-hybridized carbons (Fsp3) is 1.00. The zero-order chi connectivity index (χ0) is 14.0. The van der Waals surface area contributed by atoms with Crippen LogP contribution in [0.3, 0.4) is 0 Å². The topological polar surface area (TPSA) is 49.4 Å². The number of hydrogen-bond donors (Lipinski definition) is 1. The first-order valence-electron chi connectivity index (χ1n) is 6.79. The molecule has 1 rings (SSSR count). The van der Waals surface area contributed by atoms with Gasteiger partial charge in [-0.25, -0.2) is 12.7 Å². The monoisotopic (exact) mass is 276 g/mol. The highest BCUT2D eigenvalue weighted by Crippen LogP contribution is 2.21. The van der Waals surface area contributed by atoms with E-state index in [9.17, 15) is 8.42 Å². The molecule has 1 aliphatic heterocycles. The molecule has 0 spiro atoms. The van der Waals surface area contributed by atoms with Crippen LogP contribution in [0.1, 0.15) is 40.5 Å². The van der Waals surface area contributed by atoms with Crippen molar-refractivity contribution in [3.63, 3.8) is 0 Å². The average Bonchev–Trinajstić information content (AvgIpc) is 2.23. The predicted octanol–water partition coefficient (Wildman–Crippen LogP) is 1.68. The van der Waals surface area contributed by atoms with Gasteiger partial charge in [0.05, 0.1) is 6.26 Å². The summed E-state index contributed by atoms with van der Waals surface area (Å²) in [5.74, 6) is 0.443. The highest BCUT2D eigenvalue weighted by molar-refractivity contribution is 7.88. The molecule has 1 fully saturated rings. The zero-order valence-electron chi connectivity index (χ0n) is 12.4. The van der Waals surface area contributed by atoms with Crippen LogP contribution >= 0.6 is 0 Å². The summed E-state index contributed by atoms with van der Waals surface area (Å²) >= 11 is 0. The Morgan fingerprint density at radius 1 is 1.39 bits per heavy atom. The number of sulfonamides is 1. The van der Waals surface area contributed by atoms with E-state index < -0.39 is 10.0 Å². The molecule has 0 aromatic carbocycles. The van der Waals surface area contributed by atoms with Crippen molar-refractivity contribution in [2.24, 2.45) is 11.3 Å². The molecule has 4 nitrogen and oxygen atoms in total. The molecule has 1 N–H and O–H groups in total. The van der Waals surface area contributed by atoms with Crippen LogP contribution in [0, 0.1) is 11.3 Å². The number of hydrogen-bond acceptors (Lipinski definition) is 3. The standard InChI is InChI=1S/C13H28N2O2S/c1-11(13(2,3)4)14-9-12-7-6-8-15(10-12)18(5,16)17/h11-12,14H,6-10H2,1-5H3. The van der Waals surface area contributed by atoms with Gasteiger partial charge in [0.2, 0.25) is 10.0 Å². The van der Waals surface area contributed by atoms with Crippen LogP contribution < -0.4 is 5.32 Å². The molecule has 0 radical (unpaired) electrons. The van der Waals surface area contributed by atoms with E-state index in [1.54, 1.807) is 4.31 Å². The SMILES string of the molecule is CC(NCC1CCCN(S(C)(=O)=O)C1)C(C)(C)C. The maximum atomic E-state index is 11.5. The molecule has 0 amide bonds. The van der Waals surface area contributed by atoms with Crippen molar-refractivity contribution in [2.75, 3.05) is 25.9 Å². The van der Waals surface area contributed by atoms with Crippen LogP contribution in [0.4, 0.5) is 0 Å². The summed E-state index contributed by atoms with van der Waals surface area (Å²) in [7, 11) is -3.02. The van der Waals surface area contributed by atoms with Gasteiger partial charge < -0.3 is 5.32 Å². The van der Waals surface area contributed by atoms with Crippen LogP contribution in [0.5, 0.6) is 0 Å². The summed E-state index contributed by atoms with van der Waals surface area (Å²) in [4.78, 5) is 0. The van der Waals surface area contributed by atoms with Crippen LogP contribution in [-0.2, 0) is 10.0 Å². The van der Waals surface area contributed by atoms with Crippen LogP contribution in [0.25, 0.3) is 0 Å². The lowest BCUT2D eigenvalue weighted by molar-refractivity contribution is 0.227. The Balaban J connectivity index is 2.44. The Labute approximate surface area is 112 Å². The fourth-order valence-corrected chi connectivity index (χ4v) is 3.09. The van der Waals surface area contributed by atoms with Crippen LogP contribution in [0.2, 0.25) is 0 Å². The molecule has 108 valence electrons. The van der Waals surface area contributed by atoms with E-state index in [2.05, 4.69) is 33.0 Å². The molecule has 1 saturated heterocycles. The van der Waals surface area contributed by atoms with Gasteiger partial charge in [-0.2, -0.15) is 0 Å². The molecule has 0 saturated carbocycles. The Kier molecular flexibility index (Phi) is 5.21. The Morgan fingerprint density at radius 3 is 2.50 bits per heavy atom. The summed E-state index contributed by atoms with van der Waals surface area (Å²) in [6.45, 7) is 11.1. The largest absolute Gasteiger partial charge is 0.313 e. The smallest absolute Gasteiger partial charge is 0.211 e. The van der Waals surface area contributed by atoms with E-state index in [0.717, 1.165) is 19.4 Å². The van der Waals surface area contributed by atoms with Crippen molar-refractivity contribution in [1.82, 2.24) is 9.62 Å². The van der Waals surface area contributed by atoms with Gasteiger partial charge in [-0.15, -0.1) is 0 Å². The van der Waals surface area contributed by atoms with E-state index in [1.165, 1.54) is 6.26 Å². The van der Waals surface area contributed by atoms with Crippen LogP contribution in [0.15, 0.2) is 0 Å². The molecule has 1 heterocycles. The highest BCUT2D eigenvalue weighted by Gasteiger charge is 2.27. The quantitative estimate of drug-likeness (QED) is 0.850. The molecule has 0 aliphatic carbocycles. The van der Waals surface area contributed by atoms with Gasteiger partial charge in [-0.3, -0.25) is 0 Å². The second-order valence-corrected chi connectivity index (χ2v) is 8.61. The molecule has 5 heteroatoms. The molecule has 0 aromatic rings. The third-order valence-electron chi connectivity index (χ3n) is 3.96. The summed E-state index contributed by atoms with van der Waals surface area (Å²) in [6, 6.07) is 0.436. The van der Waals surface area contributed by atoms with Gasteiger partial charge in [-0.05, 0) is 37.6 Å². The number of rotatable bonds is 4. The van der Waals surface area contributed by atoms with Crippen molar-refractivity contribution in [3.05, 3.63) is 0 Å². The third-order valence-corrected chi connectivity index (χ3v) is 5.23. The summed E-state index contributed by atoms with van der Waals surface area (Å²) in [5, 5.41) is 3.54. The second-order valence-electron chi connectivity index (χ2n) is 6.63.